The van der Waals surface area contributed by atoms with E-state index in [1.807, 2.05) is 36.4 Å². The minimum Gasteiger partial charge on any atom is -0.543 e. The second-order valence-corrected chi connectivity index (χ2v) is 15.9. The maximum Gasteiger partial charge on any atom is 0.258 e. The van der Waals surface area contributed by atoms with E-state index in [1.165, 1.54) is 0 Å². The van der Waals surface area contributed by atoms with Crippen LogP contribution in [0.15, 0.2) is 48.5 Å². The Morgan fingerprint density at radius 1 is 0.938 bits per heavy atom. The first kappa shape index (κ1) is 24.9. The third-order valence-corrected chi connectivity index (χ3v) is 13.3. The Morgan fingerprint density at radius 2 is 1.53 bits per heavy atom. The van der Waals surface area contributed by atoms with Crippen LogP contribution in [0.2, 0.25) is 16.6 Å². The van der Waals surface area contributed by atoms with Crippen LogP contribution in [0.4, 0.5) is 0 Å². The lowest BCUT2D eigenvalue weighted by atomic mass is 10.1. The molecule has 0 fully saturated rings. The van der Waals surface area contributed by atoms with Crippen molar-refractivity contribution >= 4 is 41.8 Å². The topological polar surface area (TPSA) is 45.2 Å². The monoisotopic (exact) mass is 559 g/mol. The number of benzene rings is 2. The van der Waals surface area contributed by atoms with Crippen molar-refractivity contribution in [2.75, 3.05) is 0 Å². The highest BCUT2D eigenvalue weighted by Gasteiger charge is 2.46. The number of fused-ring (bicyclic) bond motifs is 1. The van der Waals surface area contributed by atoms with E-state index < -0.39 is 14.4 Å². The Bertz CT molecular complexity index is 1080. The lowest BCUT2D eigenvalue weighted by Gasteiger charge is -2.42. The summed E-state index contributed by atoms with van der Waals surface area (Å²) in [4.78, 5) is 3.37. The Morgan fingerprint density at radius 3 is 2.12 bits per heavy atom. The number of H-pyrrole nitrogens is 1. The molecule has 3 nitrogen and oxygen atoms in total. The zero-order valence-electron chi connectivity index (χ0n) is 19.9. The quantitative estimate of drug-likeness (QED) is 0.182. The zero-order chi connectivity index (χ0) is 23.5. The molecule has 3 rings (SSSR count). The molecule has 0 aliphatic carbocycles. The lowest BCUT2D eigenvalue weighted by molar-refractivity contribution is 0.233. The van der Waals surface area contributed by atoms with Gasteiger partial charge in [-0.1, -0.05) is 71.6 Å². The molecule has 0 radical (unpaired) electrons. The molecule has 0 spiro atoms. The van der Waals surface area contributed by atoms with Crippen LogP contribution >= 0.6 is 22.6 Å². The van der Waals surface area contributed by atoms with Crippen LogP contribution in [0.3, 0.4) is 0 Å². The summed E-state index contributed by atoms with van der Waals surface area (Å²) in [5.41, 5.74) is 4.68. The second kappa shape index (κ2) is 10.5. The zero-order valence-corrected chi connectivity index (χ0v) is 23.0. The minimum atomic E-state index is -1.97. The van der Waals surface area contributed by atoms with Crippen molar-refractivity contribution in [2.45, 2.75) is 70.7 Å². The molecule has 1 unspecified atom stereocenters. The number of hydrogen-bond donors (Lipinski definition) is 2. The normalized spacial score (nSPS) is 13.0. The van der Waals surface area contributed by atoms with Crippen molar-refractivity contribution < 1.29 is 9.53 Å². The first-order chi connectivity index (χ1) is 15.1. The molecular weight excluding hydrogens is 525 g/mol. The van der Waals surface area contributed by atoms with Gasteiger partial charge in [-0.15, -0.1) is 0 Å². The van der Waals surface area contributed by atoms with Gasteiger partial charge >= 0.3 is 0 Å². The lowest BCUT2D eigenvalue weighted by Crippen LogP contribution is -2.50. The average molecular weight is 560 g/mol. The van der Waals surface area contributed by atoms with Gasteiger partial charge in [-0.3, -0.25) is 0 Å². The van der Waals surface area contributed by atoms with Gasteiger partial charge in [-0.05, 0) is 75.1 Å². The van der Waals surface area contributed by atoms with Gasteiger partial charge < -0.3 is 14.5 Å². The van der Waals surface area contributed by atoms with E-state index >= 15 is 0 Å². The van der Waals surface area contributed by atoms with Crippen LogP contribution in [0.5, 0.6) is 5.75 Å². The van der Waals surface area contributed by atoms with E-state index in [0.29, 0.717) is 23.0 Å². The molecule has 0 saturated heterocycles. The van der Waals surface area contributed by atoms with Gasteiger partial charge in [0.15, 0.2) is 0 Å². The first-order valence-corrected chi connectivity index (χ1v) is 14.6. The molecule has 3 aromatic rings. The number of rotatable bonds is 7. The molecule has 2 aromatic carbocycles. The summed E-state index contributed by atoms with van der Waals surface area (Å²) in [7, 11) is -1.97. The van der Waals surface area contributed by atoms with Crippen molar-refractivity contribution in [1.82, 2.24) is 4.98 Å². The highest BCUT2D eigenvalue weighted by Crippen LogP contribution is 2.42. The molecule has 1 atom stereocenters. The van der Waals surface area contributed by atoms with Crippen molar-refractivity contribution in [3.8, 4) is 17.6 Å². The Hall–Kier alpha value is -1.75. The molecule has 2 N–H and O–H groups in total. The fraction of sp³-hybridized carbons (Fsp3) is 0.407. The number of aromatic nitrogens is 1. The summed E-state index contributed by atoms with van der Waals surface area (Å²) in [6.07, 6.45) is -0.219. The Kier molecular flexibility index (Phi) is 8.13. The van der Waals surface area contributed by atoms with Gasteiger partial charge in [0.1, 0.15) is 11.9 Å². The van der Waals surface area contributed by atoms with E-state index in [-0.39, 0.29) is 0 Å². The predicted molar refractivity (Wildman–Crippen MR) is 146 cm³/mol. The van der Waals surface area contributed by atoms with Crippen LogP contribution in [0.1, 0.15) is 52.7 Å². The van der Waals surface area contributed by atoms with E-state index in [2.05, 4.69) is 93.1 Å². The molecule has 1 aromatic heterocycles. The molecule has 0 aliphatic rings. The van der Waals surface area contributed by atoms with Gasteiger partial charge in [-0.2, -0.15) is 0 Å². The number of hydrogen-bond acceptors (Lipinski definition) is 2. The summed E-state index contributed by atoms with van der Waals surface area (Å²) in [6.45, 7) is 13.8. The van der Waals surface area contributed by atoms with E-state index in [9.17, 15) is 5.11 Å². The number of aliphatic hydroxyl groups is 1. The number of nitrogens with one attached hydrogen (secondary N) is 1. The van der Waals surface area contributed by atoms with Crippen LogP contribution < -0.4 is 4.43 Å². The fourth-order valence-corrected chi connectivity index (χ4v) is 11.0. The molecule has 0 saturated carbocycles. The Balaban J connectivity index is 1.73. The maximum atomic E-state index is 10.5. The molecule has 32 heavy (non-hydrogen) atoms. The number of halogens is 1. The molecule has 5 heteroatoms. The largest absolute Gasteiger partial charge is 0.543 e. The van der Waals surface area contributed by atoms with Gasteiger partial charge in [0.25, 0.3) is 8.32 Å². The van der Waals surface area contributed by atoms with Crippen molar-refractivity contribution in [2.24, 2.45) is 0 Å². The van der Waals surface area contributed by atoms with Gasteiger partial charge in [0.2, 0.25) is 0 Å². The average Bonchev–Trinajstić information content (AvgIpc) is 3.05. The molecule has 1 heterocycles. The number of aromatic amines is 1. The van der Waals surface area contributed by atoms with E-state index in [1.54, 1.807) is 0 Å². The predicted octanol–water partition coefficient (Wildman–Crippen LogP) is 7.28. The third kappa shape index (κ3) is 5.24. The van der Waals surface area contributed by atoms with E-state index in [4.69, 9.17) is 4.43 Å². The second-order valence-electron chi connectivity index (χ2n) is 9.40. The number of para-hydroxylation sites is 1. The van der Waals surface area contributed by atoms with Crippen LogP contribution in [-0.4, -0.2) is 24.5 Å². The SMILES string of the molecule is CC(C)[Si](Oc1ccc(C#CC(O)Cc2c(I)[nH]c3ccccc23)cc1)(C(C)C)C(C)C. The van der Waals surface area contributed by atoms with Crippen LogP contribution in [0, 0.1) is 15.5 Å². The summed E-state index contributed by atoms with van der Waals surface area (Å²) in [5, 5.41) is 11.7. The summed E-state index contributed by atoms with van der Waals surface area (Å²) < 4.78 is 7.78. The number of aliphatic hydroxyl groups excluding tert-OH is 1. The van der Waals surface area contributed by atoms with Crippen molar-refractivity contribution in [3.05, 3.63) is 63.4 Å². The van der Waals surface area contributed by atoms with Crippen LogP contribution in [0.25, 0.3) is 10.9 Å². The fourth-order valence-electron chi connectivity index (χ4n) is 4.94. The molecule has 0 amide bonds. The molecule has 0 aliphatic heterocycles. The minimum absolute atomic E-state index is 0.502. The summed E-state index contributed by atoms with van der Waals surface area (Å²) in [5.74, 6) is 7.06. The standard InChI is InChI=1S/C27H34INO2Si/c1-18(2)32(19(3)4,20(5)6)31-23-15-12-21(13-16-23)11-14-22(30)17-25-24-9-7-8-10-26(24)29-27(25)28/h7-10,12-13,15-16,18-20,22,29-30H,17H2,1-6H3. The highest BCUT2D eigenvalue weighted by molar-refractivity contribution is 14.1. The molecule has 0 bridgehead atoms. The van der Waals surface area contributed by atoms with Crippen molar-refractivity contribution in [1.29, 1.82) is 0 Å². The smallest absolute Gasteiger partial charge is 0.258 e. The molecule has 170 valence electrons. The maximum absolute atomic E-state index is 10.5. The van der Waals surface area contributed by atoms with Gasteiger partial charge in [0, 0.05) is 22.9 Å². The summed E-state index contributed by atoms with van der Waals surface area (Å²) in [6, 6.07) is 16.2. The van der Waals surface area contributed by atoms with Crippen LogP contribution in [-0.2, 0) is 6.42 Å². The first-order valence-electron chi connectivity index (χ1n) is 11.4. The highest BCUT2D eigenvalue weighted by atomic mass is 127. The van der Waals surface area contributed by atoms with Gasteiger partial charge in [0.05, 0.1) is 3.70 Å². The molecular formula is C27H34INO2Si. The summed E-state index contributed by atoms with van der Waals surface area (Å²) >= 11 is 2.29. The van der Waals surface area contributed by atoms with Crippen molar-refractivity contribution in [3.63, 3.8) is 0 Å². The van der Waals surface area contributed by atoms with Gasteiger partial charge in [-0.25, -0.2) is 0 Å². The van der Waals surface area contributed by atoms with E-state index in [0.717, 1.165) is 31.5 Å². The third-order valence-electron chi connectivity index (χ3n) is 6.40. The Labute approximate surface area is 207 Å².